The lowest BCUT2D eigenvalue weighted by molar-refractivity contribution is -0.141. The molecule has 1 amide bonds. The van der Waals surface area contributed by atoms with Crippen molar-refractivity contribution in [3.8, 4) is 0 Å². The molecule has 0 aliphatic carbocycles. The highest BCUT2D eigenvalue weighted by molar-refractivity contribution is 6.34. The average Bonchev–Trinajstić information content (AvgIpc) is 2.99. The van der Waals surface area contributed by atoms with Gasteiger partial charge in [0.1, 0.15) is 0 Å². The number of aromatic nitrogens is 2. The predicted octanol–water partition coefficient (Wildman–Crippen LogP) is 3.76. The number of carbonyl (C=O) groups is 2. The van der Waals surface area contributed by atoms with Crippen LogP contribution in [-0.2, 0) is 16.6 Å². The van der Waals surface area contributed by atoms with Crippen LogP contribution in [0.4, 0.5) is 5.69 Å². The summed E-state index contributed by atoms with van der Waals surface area (Å²) in [6, 6.07) is 12.5. The number of nitrogens with zero attached hydrogens (tertiary/aromatic N) is 2. The Morgan fingerprint density at radius 3 is 2.65 bits per heavy atom. The summed E-state index contributed by atoms with van der Waals surface area (Å²) < 4.78 is 6.40. The molecule has 2 aromatic carbocycles. The molecule has 0 fully saturated rings. The molecule has 0 spiro atoms. The van der Waals surface area contributed by atoms with Crippen molar-refractivity contribution in [2.45, 2.75) is 12.8 Å². The smallest absolute Gasteiger partial charge is 0.312 e. The number of benzene rings is 2. The summed E-state index contributed by atoms with van der Waals surface area (Å²) >= 11 is 6.28. The van der Waals surface area contributed by atoms with Crippen molar-refractivity contribution < 1.29 is 14.3 Å². The number of amides is 1. The summed E-state index contributed by atoms with van der Waals surface area (Å²) in [6.07, 6.45) is 0. The van der Waals surface area contributed by atoms with Crippen molar-refractivity contribution in [3.05, 3.63) is 58.7 Å². The zero-order valence-corrected chi connectivity index (χ0v) is 15.4. The minimum Gasteiger partial charge on any atom is -0.469 e. The van der Waals surface area contributed by atoms with Crippen molar-refractivity contribution in [3.63, 3.8) is 0 Å². The van der Waals surface area contributed by atoms with Crippen molar-refractivity contribution >= 4 is 40.1 Å². The first-order valence-corrected chi connectivity index (χ1v) is 8.40. The van der Waals surface area contributed by atoms with Gasteiger partial charge in [0.25, 0.3) is 5.91 Å². The Morgan fingerprint density at radius 1 is 1.23 bits per heavy atom. The number of nitrogens with one attached hydrogen (secondary N) is 1. The van der Waals surface area contributed by atoms with Gasteiger partial charge in [-0.3, -0.25) is 14.3 Å². The van der Waals surface area contributed by atoms with Gasteiger partial charge in [0.2, 0.25) is 0 Å². The third kappa shape index (κ3) is 3.28. The fourth-order valence-corrected chi connectivity index (χ4v) is 3.01. The molecule has 134 valence electrons. The molecule has 3 aromatic rings. The third-order valence-electron chi connectivity index (χ3n) is 4.27. The van der Waals surface area contributed by atoms with E-state index in [0.29, 0.717) is 22.0 Å². The van der Waals surface area contributed by atoms with Gasteiger partial charge in [-0.1, -0.05) is 35.9 Å². The topological polar surface area (TPSA) is 73.2 Å². The van der Waals surface area contributed by atoms with Gasteiger partial charge in [0.05, 0.1) is 29.3 Å². The van der Waals surface area contributed by atoms with E-state index >= 15 is 0 Å². The highest BCUT2D eigenvalue weighted by Gasteiger charge is 2.19. The van der Waals surface area contributed by atoms with Crippen LogP contribution in [0, 0.1) is 0 Å². The van der Waals surface area contributed by atoms with Crippen LogP contribution in [0.5, 0.6) is 0 Å². The molecule has 7 heteroatoms. The van der Waals surface area contributed by atoms with E-state index in [1.54, 1.807) is 36.9 Å². The second-order valence-corrected chi connectivity index (χ2v) is 6.33. The van der Waals surface area contributed by atoms with E-state index in [9.17, 15) is 9.59 Å². The lowest BCUT2D eigenvalue weighted by atomic mass is 10.0. The zero-order chi connectivity index (χ0) is 18.8. The molecule has 0 saturated heterocycles. The molecular weight excluding hydrogens is 354 g/mol. The molecule has 1 N–H and O–H groups in total. The Labute approximate surface area is 155 Å². The highest BCUT2D eigenvalue weighted by Crippen LogP contribution is 2.28. The molecule has 0 bridgehead atoms. The molecule has 6 nitrogen and oxygen atoms in total. The molecule has 1 unspecified atom stereocenters. The minimum atomic E-state index is -0.443. The quantitative estimate of drug-likeness (QED) is 0.709. The number of halogens is 1. The number of para-hydroxylation sites is 1. The maximum Gasteiger partial charge on any atom is 0.312 e. The fourth-order valence-electron chi connectivity index (χ4n) is 2.78. The Hall–Kier alpha value is -2.86. The van der Waals surface area contributed by atoms with Gasteiger partial charge in [-0.2, -0.15) is 5.10 Å². The number of carbonyl (C=O) groups excluding carboxylic acids is 2. The Morgan fingerprint density at radius 2 is 1.96 bits per heavy atom. The predicted molar refractivity (Wildman–Crippen MR) is 101 cm³/mol. The lowest BCUT2D eigenvalue weighted by Crippen LogP contribution is -2.14. The standard InChI is InChI=1S/C19H18ClN3O3/c1-11(19(25)26-3)12-8-9-15(14(20)10-12)21-18(24)17-13-6-4-5-7-16(13)23(2)22-17/h4-11H,1-3H3,(H,21,24). The van der Waals surface area contributed by atoms with Gasteiger partial charge in [-0.15, -0.1) is 0 Å². The molecule has 0 saturated carbocycles. The molecular formula is C19H18ClN3O3. The number of hydrogen-bond donors (Lipinski definition) is 1. The number of ether oxygens (including phenoxy) is 1. The summed E-state index contributed by atoms with van der Waals surface area (Å²) in [5.74, 6) is -1.14. The van der Waals surface area contributed by atoms with E-state index in [0.717, 1.165) is 10.9 Å². The maximum absolute atomic E-state index is 12.6. The van der Waals surface area contributed by atoms with E-state index in [1.807, 2.05) is 24.3 Å². The highest BCUT2D eigenvalue weighted by atomic mass is 35.5. The first kappa shape index (κ1) is 17.9. The molecule has 0 radical (unpaired) electrons. The van der Waals surface area contributed by atoms with Crippen LogP contribution < -0.4 is 5.32 Å². The van der Waals surface area contributed by atoms with Gasteiger partial charge in [-0.05, 0) is 30.7 Å². The summed E-state index contributed by atoms with van der Waals surface area (Å²) in [4.78, 5) is 24.3. The first-order chi connectivity index (χ1) is 12.4. The lowest BCUT2D eigenvalue weighted by Gasteiger charge is -2.12. The summed E-state index contributed by atoms with van der Waals surface area (Å²) in [6.45, 7) is 1.73. The SMILES string of the molecule is COC(=O)C(C)c1ccc(NC(=O)c2nn(C)c3ccccc23)c(Cl)c1. The number of esters is 1. The van der Waals surface area contributed by atoms with E-state index < -0.39 is 5.92 Å². The number of methoxy groups -OCH3 is 1. The minimum absolute atomic E-state index is 0.325. The number of anilines is 1. The summed E-state index contributed by atoms with van der Waals surface area (Å²) in [7, 11) is 3.13. The number of aryl methyl sites for hydroxylation is 1. The second-order valence-electron chi connectivity index (χ2n) is 5.93. The molecule has 3 rings (SSSR count). The van der Waals surface area contributed by atoms with Crippen LogP contribution in [-0.4, -0.2) is 28.8 Å². The van der Waals surface area contributed by atoms with Crippen molar-refractivity contribution in [1.82, 2.24) is 9.78 Å². The Bertz CT molecular complexity index is 997. The Kier molecular flexibility index (Phi) is 4.95. The van der Waals surface area contributed by atoms with Gasteiger partial charge >= 0.3 is 5.97 Å². The monoisotopic (exact) mass is 371 g/mol. The van der Waals surface area contributed by atoms with Gasteiger partial charge in [0.15, 0.2) is 5.69 Å². The van der Waals surface area contributed by atoms with Crippen LogP contribution in [0.2, 0.25) is 5.02 Å². The molecule has 0 aliphatic heterocycles. The number of fused-ring (bicyclic) bond motifs is 1. The van der Waals surface area contributed by atoms with Crippen molar-refractivity contribution in [2.75, 3.05) is 12.4 Å². The second kappa shape index (κ2) is 7.17. The zero-order valence-electron chi connectivity index (χ0n) is 14.6. The van der Waals surface area contributed by atoms with E-state index in [4.69, 9.17) is 16.3 Å². The number of rotatable bonds is 4. The van der Waals surface area contributed by atoms with Gasteiger partial charge in [0, 0.05) is 12.4 Å². The van der Waals surface area contributed by atoms with Crippen molar-refractivity contribution in [1.29, 1.82) is 0 Å². The fraction of sp³-hybridized carbons (Fsp3) is 0.211. The normalized spacial score (nSPS) is 12.0. The molecule has 1 heterocycles. The first-order valence-electron chi connectivity index (χ1n) is 8.02. The van der Waals surface area contributed by atoms with Crippen LogP contribution >= 0.6 is 11.6 Å². The average molecular weight is 372 g/mol. The molecule has 26 heavy (non-hydrogen) atoms. The molecule has 0 aliphatic rings. The Balaban J connectivity index is 1.86. The maximum atomic E-state index is 12.6. The van der Waals surface area contributed by atoms with Crippen molar-refractivity contribution in [2.24, 2.45) is 7.05 Å². The van der Waals surface area contributed by atoms with E-state index in [-0.39, 0.29) is 11.9 Å². The molecule has 1 atom stereocenters. The van der Waals surface area contributed by atoms with E-state index in [2.05, 4.69) is 10.4 Å². The van der Waals surface area contributed by atoms with E-state index in [1.165, 1.54) is 7.11 Å². The van der Waals surface area contributed by atoms with Crippen LogP contribution in [0.25, 0.3) is 10.9 Å². The van der Waals surface area contributed by atoms with Crippen LogP contribution in [0.15, 0.2) is 42.5 Å². The summed E-state index contributed by atoms with van der Waals surface area (Å²) in [5.41, 5.74) is 2.35. The number of hydrogen-bond acceptors (Lipinski definition) is 4. The van der Waals surface area contributed by atoms with Gasteiger partial charge < -0.3 is 10.1 Å². The van der Waals surface area contributed by atoms with Crippen LogP contribution in [0.1, 0.15) is 28.9 Å². The summed E-state index contributed by atoms with van der Waals surface area (Å²) in [5, 5.41) is 8.18. The third-order valence-corrected chi connectivity index (χ3v) is 4.58. The van der Waals surface area contributed by atoms with Crippen LogP contribution in [0.3, 0.4) is 0 Å². The molecule has 1 aromatic heterocycles. The van der Waals surface area contributed by atoms with Gasteiger partial charge in [-0.25, -0.2) is 0 Å². The largest absolute Gasteiger partial charge is 0.469 e.